The first-order valence-electron chi connectivity index (χ1n) is 16.1. The van der Waals surface area contributed by atoms with Crippen molar-refractivity contribution in [2.45, 2.75) is 68.7 Å². The van der Waals surface area contributed by atoms with Gasteiger partial charge in [0.15, 0.2) is 0 Å². The Bertz CT molecular complexity index is 1250. The number of likely N-dealkylation sites (N-methyl/N-ethyl adjacent to an activating group) is 1. The van der Waals surface area contributed by atoms with Gasteiger partial charge in [-0.15, -0.1) is 11.8 Å². The molecule has 0 unspecified atom stereocenters. The number of piperazine rings is 1. The molecule has 10 heteroatoms. The summed E-state index contributed by atoms with van der Waals surface area (Å²) in [5.74, 6) is -1.08. The second kappa shape index (κ2) is 12.5. The Morgan fingerprint density at radius 1 is 1.07 bits per heavy atom. The molecule has 3 saturated heterocycles. The summed E-state index contributed by atoms with van der Waals surface area (Å²) in [7, 11) is 0. The molecule has 1 aromatic carbocycles. The van der Waals surface area contributed by atoms with Crippen molar-refractivity contribution in [3.63, 3.8) is 0 Å². The van der Waals surface area contributed by atoms with E-state index in [1.807, 2.05) is 42.7 Å². The van der Waals surface area contributed by atoms with Crippen molar-refractivity contribution in [3.05, 3.63) is 36.4 Å². The molecule has 3 amide bonds. The first-order valence-corrected chi connectivity index (χ1v) is 17.4. The van der Waals surface area contributed by atoms with Crippen LogP contribution in [0.25, 0.3) is 0 Å². The number of anilines is 1. The molecule has 4 heterocycles. The molecule has 0 aromatic heterocycles. The molecule has 1 aliphatic carbocycles. The molecule has 2 bridgehead atoms. The van der Waals surface area contributed by atoms with Crippen LogP contribution in [0, 0.1) is 23.7 Å². The standard InChI is InChI=1S/C33H47N5O4S/c1-5-36-14-16-37(17-15-36)18-19-38-29(31(40)35-25-11-6-8-21(2)22(25)3)33-13-12-26(42-33)27(28(33)32(38)41)30(39)34-23-9-7-10-24(20-23)43-4/h7,9-10,12-13,20-22,25-29H,5-6,8,11,14-19H2,1-4H3,(H,34,39)(H,35,40)/t21-,22-,25+,26+,27+,28+,29-,33-/m0/s1. The van der Waals surface area contributed by atoms with Gasteiger partial charge in [0.2, 0.25) is 17.7 Å². The Kier molecular flexibility index (Phi) is 8.93. The van der Waals surface area contributed by atoms with Crippen LogP contribution in [0.15, 0.2) is 41.3 Å². The smallest absolute Gasteiger partial charge is 0.246 e. The third-order valence-electron chi connectivity index (χ3n) is 10.9. The quantitative estimate of drug-likeness (QED) is 0.328. The van der Waals surface area contributed by atoms with E-state index in [0.29, 0.717) is 30.6 Å². The highest BCUT2D eigenvalue weighted by molar-refractivity contribution is 7.98. The zero-order valence-corrected chi connectivity index (χ0v) is 26.8. The molecule has 0 radical (unpaired) electrons. The van der Waals surface area contributed by atoms with Crippen LogP contribution >= 0.6 is 11.8 Å². The van der Waals surface area contributed by atoms with E-state index in [-0.39, 0.29) is 23.8 Å². The molecule has 9 nitrogen and oxygen atoms in total. The Labute approximate surface area is 260 Å². The van der Waals surface area contributed by atoms with Crippen LogP contribution in [0.5, 0.6) is 0 Å². The molecule has 2 N–H and O–H groups in total. The topological polar surface area (TPSA) is 94.2 Å². The number of nitrogens with one attached hydrogen (secondary N) is 2. The molecule has 234 valence electrons. The number of thioether (sulfide) groups is 1. The van der Waals surface area contributed by atoms with Crippen molar-refractivity contribution >= 4 is 35.2 Å². The summed E-state index contributed by atoms with van der Waals surface area (Å²) in [5, 5.41) is 6.41. The first kappa shape index (κ1) is 30.6. The molecule has 8 atom stereocenters. The lowest BCUT2D eigenvalue weighted by atomic mass is 9.73. The summed E-state index contributed by atoms with van der Waals surface area (Å²) in [6.07, 6.45) is 8.46. The Hall–Kier alpha value is -2.40. The Morgan fingerprint density at radius 2 is 1.84 bits per heavy atom. The zero-order chi connectivity index (χ0) is 30.3. The fourth-order valence-corrected chi connectivity index (χ4v) is 8.52. The highest BCUT2D eigenvalue weighted by atomic mass is 32.2. The number of likely N-dealkylation sites (tertiary alicyclic amines) is 1. The predicted octanol–water partition coefficient (Wildman–Crippen LogP) is 3.08. The van der Waals surface area contributed by atoms with Gasteiger partial charge in [-0.1, -0.05) is 51.8 Å². The number of amides is 3. The Morgan fingerprint density at radius 3 is 2.58 bits per heavy atom. The lowest BCUT2D eigenvalue weighted by Crippen LogP contribution is -2.58. The van der Waals surface area contributed by atoms with Gasteiger partial charge in [-0.05, 0) is 49.3 Å². The maximum atomic E-state index is 14.4. The fourth-order valence-electron chi connectivity index (χ4n) is 8.06. The fraction of sp³-hybridized carbons (Fsp3) is 0.667. The number of rotatable bonds is 9. The third-order valence-corrected chi connectivity index (χ3v) is 11.6. The SMILES string of the molecule is CCN1CCN(CCN2C(=O)[C@H]3[C@H](C(=O)Nc4cccc(SC)c4)[C@H]4C=C[C@@]3(O4)[C@@H]2C(=O)N[C@@H]2CCC[C@H](C)[C@@H]2C)CC1. The van der Waals surface area contributed by atoms with E-state index in [4.69, 9.17) is 4.74 Å². The van der Waals surface area contributed by atoms with Crippen LogP contribution in [-0.4, -0.2) is 108 Å². The van der Waals surface area contributed by atoms with Gasteiger partial charge >= 0.3 is 0 Å². The van der Waals surface area contributed by atoms with E-state index in [1.165, 1.54) is 6.42 Å². The first-order chi connectivity index (χ1) is 20.8. The lowest BCUT2D eigenvalue weighted by molar-refractivity contribution is -0.142. The van der Waals surface area contributed by atoms with Crippen LogP contribution in [0.4, 0.5) is 5.69 Å². The minimum Gasteiger partial charge on any atom is -0.359 e. The summed E-state index contributed by atoms with van der Waals surface area (Å²) in [6.45, 7) is 12.7. The molecule has 4 fully saturated rings. The summed E-state index contributed by atoms with van der Waals surface area (Å²) in [5.41, 5.74) is -0.444. The number of carbonyl (C=O) groups is 3. The van der Waals surface area contributed by atoms with E-state index >= 15 is 0 Å². The lowest BCUT2D eigenvalue weighted by Gasteiger charge is -2.39. The van der Waals surface area contributed by atoms with Crippen LogP contribution in [0.2, 0.25) is 0 Å². The number of carbonyl (C=O) groups excluding carboxylic acids is 3. The van der Waals surface area contributed by atoms with E-state index in [9.17, 15) is 14.4 Å². The summed E-state index contributed by atoms with van der Waals surface area (Å²) < 4.78 is 6.57. The average molecular weight is 610 g/mol. The molecule has 5 aliphatic rings. The summed E-state index contributed by atoms with van der Waals surface area (Å²) >= 11 is 1.61. The molecular weight excluding hydrogens is 562 g/mol. The number of benzene rings is 1. The van der Waals surface area contributed by atoms with Crippen molar-refractivity contribution in [2.75, 3.05) is 57.4 Å². The Balaban J connectivity index is 1.25. The van der Waals surface area contributed by atoms with Crippen molar-refractivity contribution in [3.8, 4) is 0 Å². The minimum atomic E-state index is -1.14. The third kappa shape index (κ3) is 5.64. The second-order valence-electron chi connectivity index (χ2n) is 13.1. The zero-order valence-electron chi connectivity index (χ0n) is 26.0. The number of ether oxygens (including phenoxy) is 1. The normalized spacial score (nSPS) is 35.8. The number of nitrogens with zero attached hydrogens (tertiary/aromatic N) is 3. The van der Waals surface area contributed by atoms with E-state index in [2.05, 4.69) is 41.2 Å². The van der Waals surface area contributed by atoms with E-state index < -0.39 is 29.6 Å². The van der Waals surface area contributed by atoms with E-state index in [0.717, 1.165) is 50.5 Å². The minimum absolute atomic E-state index is 0.0659. The molecule has 4 aliphatic heterocycles. The predicted molar refractivity (Wildman–Crippen MR) is 169 cm³/mol. The monoisotopic (exact) mass is 609 g/mol. The summed E-state index contributed by atoms with van der Waals surface area (Å²) in [6, 6.07) is 6.97. The highest BCUT2D eigenvalue weighted by Crippen LogP contribution is 2.55. The van der Waals surface area contributed by atoms with Gasteiger partial charge < -0.3 is 25.2 Å². The largest absolute Gasteiger partial charge is 0.359 e. The van der Waals surface area contributed by atoms with Gasteiger partial charge in [-0.25, -0.2) is 0 Å². The molecular formula is C33H47N5O4S. The molecule has 6 rings (SSSR count). The molecule has 1 spiro atoms. The van der Waals surface area contributed by atoms with Gasteiger partial charge in [-0.3, -0.25) is 19.3 Å². The van der Waals surface area contributed by atoms with Gasteiger partial charge in [0, 0.05) is 55.9 Å². The maximum Gasteiger partial charge on any atom is 0.246 e. The average Bonchev–Trinajstić information content (AvgIpc) is 3.66. The van der Waals surface area contributed by atoms with Gasteiger partial charge in [-0.2, -0.15) is 0 Å². The van der Waals surface area contributed by atoms with E-state index in [1.54, 1.807) is 16.7 Å². The van der Waals surface area contributed by atoms with Crippen LogP contribution in [0.3, 0.4) is 0 Å². The van der Waals surface area contributed by atoms with Crippen LogP contribution < -0.4 is 10.6 Å². The molecule has 1 aromatic rings. The van der Waals surface area contributed by atoms with Crippen molar-refractivity contribution in [1.29, 1.82) is 0 Å². The van der Waals surface area contributed by atoms with Gasteiger partial charge in [0.05, 0.1) is 17.9 Å². The van der Waals surface area contributed by atoms with Crippen LogP contribution in [-0.2, 0) is 19.1 Å². The van der Waals surface area contributed by atoms with Crippen molar-refractivity contribution < 1.29 is 19.1 Å². The highest BCUT2D eigenvalue weighted by Gasteiger charge is 2.72. The van der Waals surface area contributed by atoms with Crippen molar-refractivity contribution in [2.24, 2.45) is 23.7 Å². The van der Waals surface area contributed by atoms with Gasteiger partial charge in [0.25, 0.3) is 0 Å². The number of hydrogen-bond donors (Lipinski definition) is 2. The molecule has 43 heavy (non-hydrogen) atoms. The molecule has 1 saturated carbocycles. The summed E-state index contributed by atoms with van der Waals surface area (Å²) in [4.78, 5) is 50.0. The second-order valence-corrected chi connectivity index (χ2v) is 14.0. The number of fused-ring (bicyclic) bond motifs is 1. The number of hydrogen-bond acceptors (Lipinski definition) is 7. The van der Waals surface area contributed by atoms with Crippen LogP contribution in [0.1, 0.15) is 40.0 Å². The maximum absolute atomic E-state index is 14.4. The van der Waals surface area contributed by atoms with Gasteiger partial charge in [0.1, 0.15) is 11.6 Å². The van der Waals surface area contributed by atoms with Crippen molar-refractivity contribution in [1.82, 2.24) is 20.0 Å².